The highest BCUT2D eigenvalue weighted by atomic mass is 16.5. The second kappa shape index (κ2) is 7.40. The average Bonchev–Trinajstić information content (AvgIpc) is 2.90. The van der Waals surface area contributed by atoms with E-state index in [2.05, 4.69) is 24.3 Å². The van der Waals surface area contributed by atoms with Crippen LogP contribution in [0.1, 0.15) is 48.4 Å². The zero-order chi connectivity index (χ0) is 18.0. The van der Waals surface area contributed by atoms with Crippen LogP contribution in [0.4, 0.5) is 0 Å². The molecule has 2 unspecified atom stereocenters. The Morgan fingerprint density at radius 2 is 1.84 bits per heavy atom. The van der Waals surface area contributed by atoms with Crippen LogP contribution in [0.3, 0.4) is 0 Å². The lowest BCUT2D eigenvalue weighted by molar-refractivity contribution is -0.0513. The van der Waals surface area contributed by atoms with Crippen LogP contribution >= 0.6 is 0 Å². The number of ether oxygens (including phenoxy) is 1. The Morgan fingerprint density at radius 1 is 1.20 bits per heavy atom. The maximum Gasteiger partial charge on any atom is 0.251 e. The minimum atomic E-state index is -0.0216. The molecule has 5 heteroatoms. The first-order valence-corrected chi connectivity index (χ1v) is 8.99. The molecule has 0 radical (unpaired) electrons. The van der Waals surface area contributed by atoms with E-state index in [1.807, 2.05) is 48.9 Å². The molecule has 1 N–H and O–H groups in total. The summed E-state index contributed by atoms with van der Waals surface area (Å²) in [5.41, 5.74) is 3.71. The van der Waals surface area contributed by atoms with E-state index < -0.39 is 0 Å². The molecule has 1 aliphatic rings. The van der Waals surface area contributed by atoms with Gasteiger partial charge in [0.2, 0.25) is 0 Å². The third kappa shape index (κ3) is 4.28. The van der Waals surface area contributed by atoms with Gasteiger partial charge in [0.1, 0.15) is 0 Å². The van der Waals surface area contributed by atoms with Gasteiger partial charge in [-0.25, -0.2) is 4.68 Å². The molecule has 1 fully saturated rings. The lowest BCUT2D eigenvalue weighted by Crippen LogP contribution is -2.37. The molecule has 5 nitrogen and oxygen atoms in total. The predicted molar refractivity (Wildman–Crippen MR) is 98.1 cm³/mol. The van der Waals surface area contributed by atoms with Crippen molar-refractivity contribution >= 4 is 5.91 Å². The Balaban J connectivity index is 1.60. The molecule has 25 heavy (non-hydrogen) atoms. The monoisotopic (exact) mass is 341 g/mol. The number of aromatic nitrogens is 2. The molecule has 1 aliphatic heterocycles. The van der Waals surface area contributed by atoms with E-state index in [-0.39, 0.29) is 18.1 Å². The topological polar surface area (TPSA) is 56.2 Å². The standard InChI is InChI=1S/C20H27N3O2/c1-13-9-14(2)23(22-13)19-7-5-18(6-8-19)20(24)21-12-17-10-15(3)25-16(4)11-17/h5-9,15-17H,10-12H2,1-4H3,(H,21,24). The van der Waals surface area contributed by atoms with Crippen LogP contribution in [0.5, 0.6) is 0 Å². The number of hydrogen-bond donors (Lipinski definition) is 1. The molecule has 1 aromatic heterocycles. The number of carbonyl (C=O) groups excluding carboxylic acids is 1. The predicted octanol–water partition coefficient (Wildman–Crippen LogP) is 3.42. The second-order valence-electron chi connectivity index (χ2n) is 7.19. The van der Waals surface area contributed by atoms with Gasteiger partial charge in [-0.15, -0.1) is 0 Å². The highest BCUT2D eigenvalue weighted by molar-refractivity contribution is 5.94. The number of hydrogen-bond acceptors (Lipinski definition) is 3. The number of amides is 1. The molecular weight excluding hydrogens is 314 g/mol. The highest BCUT2D eigenvalue weighted by Crippen LogP contribution is 2.24. The van der Waals surface area contributed by atoms with Crippen molar-refractivity contribution in [1.29, 1.82) is 0 Å². The van der Waals surface area contributed by atoms with Gasteiger partial charge in [0.05, 0.1) is 23.6 Å². The van der Waals surface area contributed by atoms with Gasteiger partial charge in [-0.2, -0.15) is 5.10 Å². The molecule has 0 aliphatic carbocycles. The van der Waals surface area contributed by atoms with Crippen LogP contribution in [-0.2, 0) is 4.74 Å². The van der Waals surface area contributed by atoms with Gasteiger partial charge < -0.3 is 10.1 Å². The molecule has 1 aromatic carbocycles. The first-order chi connectivity index (χ1) is 11.9. The Morgan fingerprint density at radius 3 is 2.40 bits per heavy atom. The van der Waals surface area contributed by atoms with Gasteiger partial charge in [-0.1, -0.05) is 0 Å². The van der Waals surface area contributed by atoms with E-state index in [9.17, 15) is 4.79 Å². The summed E-state index contributed by atoms with van der Waals surface area (Å²) >= 11 is 0. The van der Waals surface area contributed by atoms with Crippen molar-refractivity contribution in [2.45, 2.75) is 52.7 Å². The van der Waals surface area contributed by atoms with E-state index in [4.69, 9.17) is 4.74 Å². The number of aryl methyl sites for hydroxylation is 2. The molecule has 134 valence electrons. The summed E-state index contributed by atoms with van der Waals surface area (Å²) in [6, 6.07) is 9.63. The normalized spacial score (nSPS) is 23.4. The van der Waals surface area contributed by atoms with Gasteiger partial charge in [0.25, 0.3) is 5.91 Å². The molecule has 1 amide bonds. The molecule has 3 rings (SSSR count). The second-order valence-corrected chi connectivity index (χ2v) is 7.19. The Bertz CT molecular complexity index is 726. The number of nitrogens with one attached hydrogen (secondary N) is 1. The Hall–Kier alpha value is -2.14. The van der Waals surface area contributed by atoms with Crippen molar-refractivity contribution in [2.75, 3.05) is 6.54 Å². The van der Waals surface area contributed by atoms with Crippen molar-refractivity contribution in [3.63, 3.8) is 0 Å². The lowest BCUT2D eigenvalue weighted by Gasteiger charge is -2.32. The van der Waals surface area contributed by atoms with E-state index in [1.165, 1.54) is 0 Å². The van der Waals surface area contributed by atoms with Gasteiger partial charge in [-0.05, 0) is 76.8 Å². The van der Waals surface area contributed by atoms with Crippen molar-refractivity contribution in [3.05, 3.63) is 47.3 Å². The highest BCUT2D eigenvalue weighted by Gasteiger charge is 2.24. The van der Waals surface area contributed by atoms with Gasteiger partial charge in [0.15, 0.2) is 0 Å². The zero-order valence-corrected chi connectivity index (χ0v) is 15.5. The van der Waals surface area contributed by atoms with E-state index in [0.29, 0.717) is 18.0 Å². The van der Waals surface area contributed by atoms with E-state index in [1.54, 1.807) is 0 Å². The van der Waals surface area contributed by atoms with Crippen LogP contribution in [0.15, 0.2) is 30.3 Å². The van der Waals surface area contributed by atoms with Gasteiger partial charge >= 0.3 is 0 Å². The summed E-state index contributed by atoms with van der Waals surface area (Å²) in [5.74, 6) is 0.461. The van der Waals surface area contributed by atoms with Crippen LogP contribution < -0.4 is 5.32 Å². The van der Waals surface area contributed by atoms with E-state index >= 15 is 0 Å². The van der Waals surface area contributed by atoms with E-state index in [0.717, 1.165) is 29.9 Å². The first-order valence-electron chi connectivity index (χ1n) is 8.99. The first kappa shape index (κ1) is 17.7. The smallest absolute Gasteiger partial charge is 0.251 e. The van der Waals surface area contributed by atoms with Crippen molar-refractivity contribution in [2.24, 2.45) is 5.92 Å². The molecule has 0 spiro atoms. The maximum atomic E-state index is 12.4. The molecular formula is C20H27N3O2. The Kier molecular flexibility index (Phi) is 5.23. The largest absolute Gasteiger partial charge is 0.376 e. The summed E-state index contributed by atoms with van der Waals surface area (Å²) in [6.07, 6.45) is 2.54. The van der Waals surface area contributed by atoms with Gasteiger partial charge in [-0.3, -0.25) is 4.79 Å². The summed E-state index contributed by atoms with van der Waals surface area (Å²) in [6.45, 7) is 8.90. The van der Waals surface area contributed by atoms with Crippen molar-refractivity contribution < 1.29 is 9.53 Å². The van der Waals surface area contributed by atoms with Crippen LogP contribution in [0, 0.1) is 19.8 Å². The summed E-state index contributed by atoms with van der Waals surface area (Å²) < 4.78 is 7.64. The third-order valence-corrected chi connectivity index (χ3v) is 4.73. The molecule has 2 atom stereocenters. The fourth-order valence-corrected chi connectivity index (χ4v) is 3.69. The summed E-state index contributed by atoms with van der Waals surface area (Å²) in [5, 5.41) is 7.54. The SMILES string of the molecule is Cc1cc(C)n(-c2ccc(C(=O)NCC3CC(C)OC(C)C3)cc2)n1. The summed E-state index contributed by atoms with van der Waals surface area (Å²) in [7, 11) is 0. The number of nitrogens with zero attached hydrogens (tertiary/aromatic N) is 2. The molecule has 1 saturated heterocycles. The minimum Gasteiger partial charge on any atom is -0.376 e. The van der Waals surface area contributed by atoms with Crippen LogP contribution in [-0.4, -0.2) is 34.4 Å². The van der Waals surface area contributed by atoms with Crippen molar-refractivity contribution in [1.82, 2.24) is 15.1 Å². The number of benzene rings is 1. The number of rotatable bonds is 4. The lowest BCUT2D eigenvalue weighted by atomic mass is 9.92. The summed E-state index contributed by atoms with van der Waals surface area (Å²) in [4.78, 5) is 12.4. The number of carbonyl (C=O) groups is 1. The molecule has 0 saturated carbocycles. The van der Waals surface area contributed by atoms with Crippen LogP contribution in [0.2, 0.25) is 0 Å². The average molecular weight is 341 g/mol. The fourth-order valence-electron chi connectivity index (χ4n) is 3.69. The van der Waals surface area contributed by atoms with Gasteiger partial charge in [0, 0.05) is 17.8 Å². The molecule has 0 bridgehead atoms. The fraction of sp³-hybridized carbons (Fsp3) is 0.500. The third-order valence-electron chi connectivity index (χ3n) is 4.73. The molecule has 2 heterocycles. The minimum absolute atomic E-state index is 0.0216. The van der Waals surface area contributed by atoms with Crippen LogP contribution in [0.25, 0.3) is 5.69 Å². The maximum absolute atomic E-state index is 12.4. The zero-order valence-electron chi connectivity index (χ0n) is 15.5. The molecule has 2 aromatic rings. The Labute approximate surface area is 149 Å². The quantitative estimate of drug-likeness (QED) is 0.927. The van der Waals surface area contributed by atoms with Crippen molar-refractivity contribution in [3.8, 4) is 5.69 Å².